The number of hydrogen-bond acceptors (Lipinski definition) is 6. The monoisotopic (exact) mass is 323 g/mol. The van der Waals surface area contributed by atoms with E-state index in [1.165, 1.54) is 18.2 Å². The third kappa shape index (κ3) is 3.20. The van der Waals surface area contributed by atoms with Crippen LogP contribution in [0.5, 0.6) is 0 Å². The van der Waals surface area contributed by atoms with Crippen LogP contribution in [0.25, 0.3) is 11.4 Å². The van der Waals surface area contributed by atoms with E-state index in [1.54, 1.807) is 0 Å². The van der Waals surface area contributed by atoms with Gasteiger partial charge in [0.2, 0.25) is 5.16 Å². The van der Waals surface area contributed by atoms with Gasteiger partial charge in [0.25, 0.3) is 5.69 Å². The van der Waals surface area contributed by atoms with Crippen LogP contribution < -0.4 is 0 Å². The van der Waals surface area contributed by atoms with Crippen LogP contribution in [0.1, 0.15) is 5.56 Å². The molecule has 0 bridgehead atoms. The van der Waals surface area contributed by atoms with Gasteiger partial charge in [0.05, 0.1) is 21.5 Å². The van der Waals surface area contributed by atoms with E-state index in [4.69, 9.17) is 5.26 Å². The highest BCUT2D eigenvalue weighted by Crippen LogP contribution is 2.34. The maximum Gasteiger partial charge on any atom is 0.284 e. The topological polar surface area (TPSA) is 108 Å². The molecule has 0 atom stereocenters. The molecule has 2 aromatic carbocycles. The Labute approximate surface area is 135 Å². The van der Waals surface area contributed by atoms with Crippen molar-refractivity contribution in [2.45, 2.75) is 10.1 Å². The average molecular weight is 323 g/mol. The Kier molecular flexibility index (Phi) is 4.03. The summed E-state index contributed by atoms with van der Waals surface area (Å²) < 4.78 is 0. The van der Waals surface area contributed by atoms with Crippen molar-refractivity contribution in [2.24, 2.45) is 0 Å². The highest BCUT2D eigenvalue weighted by molar-refractivity contribution is 7.99. The zero-order valence-corrected chi connectivity index (χ0v) is 12.4. The molecule has 23 heavy (non-hydrogen) atoms. The van der Waals surface area contributed by atoms with Crippen molar-refractivity contribution < 1.29 is 4.92 Å². The first-order chi connectivity index (χ1) is 11.2. The van der Waals surface area contributed by atoms with Crippen molar-refractivity contribution in [2.75, 3.05) is 0 Å². The number of rotatable bonds is 4. The molecule has 0 spiro atoms. The second-order valence-electron chi connectivity index (χ2n) is 4.49. The average Bonchev–Trinajstić information content (AvgIpc) is 3.04. The zero-order valence-electron chi connectivity index (χ0n) is 11.6. The number of aromatic amines is 1. The fourth-order valence-corrected chi connectivity index (χ4v) is 2.73. The molecule has 3 aromatic rings. The molecule has 8 heteroatoms. The molecule has 3 rings (SSSR count). The second kappa shape index (κ2) is 6.29. The molecule has 112 valence electrons. The van der Waals surface area contributed by atoms with Gasteiger partial charge in [-0.1, -0.05) is 30.3 Å². The molecule has 0 aliphatic rings. The predicted molar refractivity (Wildman–Crippen MR) is 83.8 cm³/mol. The first-order valence-electron chi connectivity index (χ1n) is 6.51. The van der Waals surface area contributed by atoms with Crippen LogP contribution >= 0.6 is 11.8 Å². The lowest BCUT2D eigenvalue weighted by molar-refractivity contribution is -0.387. The highest BCUT2D eigenvalue weighted by Gasteiger charge is 2.18. The van der Waals surface area contributed by atoms with Crippen LogP contribution in [0.4, 0.5) is 5.69 Å². The number of nitro benzene ring substituents is 1. The summed E-state index contributed by atoms with van der Waals surface area (Å²) in [5, 5.41) is 27.2. The Morgan fingerprint density at radius 3 is 2.70 bits per heavy atom. The van der Waals surface area contributed by atoms with Crippen LogP contribution in [-0.2, 0) is 0 Å². The summed E-state index contributed by atoms with van der Waals surface area (Å²) in [6.45, 7) is 0. The number of nitrogens with one attached hydrogen (secondary N) is 1. The molecule has 1 heterocycles. The predicted octanol–water partition coefficient (Wildman–Crippen LogP) is 3.40. The fraction of sp³-hybridized carbons (Fsp3) is 0. The number of nitrogens with zero attached hydrogens (tertiary/aromatic N) is 4. The van der Waals surface area contributed by atoms with Gasteiger partial charge in [0, 0.05) is 11.6 Å². The SMILES string of the molecule is N#Cc1ccc(Sc2n[nH]c(-c3ccccc3)n2)c([N+](=O)[O-])c1. The quantitative estimate of drug-likeness (QED) is 0.582. The molecule has 0 amide bonds. The summed E-state index contributed by atoms with van der Waals surface area (Å²) in [5.41, 5.74) is 0.974. The Bertz CT molecular complexity index is 902. The Balaban J connectivity index is 1.90. The summed E-state index contributed by atoms with van der Waals surface area (Å²) in [6.07, 6.45) is 0. The molecule has 0 radical (unpaired) electrons. The van der Waals surface area contributed by atoms with E-state index in [0.717, 1.165) is 17.3 Å². The second-order valence-corrected chi connectivity index (χ2v) is 5.50. The summed E-state index contributed by atoms with van der Waals surface area (Å²) in [5.74, 6) is 0.587. The largest absolute Gasteiger partial charge is 0.284 e. The summed E-state index contributed by atoms with van der Waals surface area (Å²) in [7, 11) is 0. The van der Waals surface area contributed by atoms with Crippen LogP contribution in [0, 0.1) is 21.4 Å². The van der Waals surface area contributed by atoms with E-state index in [2.05, 4.69) is 15.2 Å². The minimum absolute atomic E-state index is 0.139. The Morgan fingerprint density at radius 1 is 1.22 bits per heavy atom. The summed E-state index contributed by atoms with van der Waals surface area (Å²) in [4.78, 5) is 15.3. The molecule has 0 fully saturated rings. The van der Waals surface area contributed by atoms with Gasteiger partial charge >= 0.3 is 0 Å². The zero-order chi connectivity index (χ0) is 16.2. The smallest absolute Gasteiger partial charge is 0.258 e. The summed E-state index contributed by atoms with van der Waals surface area (Å²) in [6, 6.07) is 15.6. The molecule has 7 nitrogen and oxygen atoms in total. The van der Waals surface area contributed by atoms with Crippen molar-refractivity contribution in [1.29, 1.82) is 5.26 Å². The third-order valence-corrected chi connectivity index (χ3v) is 3.93. The number of aromatic nitrogens is 3. The lowest BCUT2D eigenvalue weighted by Gasteiger charge is -2.00. The van der Waals surface area contributed by atoms with Crippen molar-refractivity contribution in [3.63, 3.8) is 0 Å². The van der Waals surface area contributed by atoms with E-state index in [0.29, 0.717) is 15.9 Å². The molecule has 1 N–H and O–H groups in total. The van der Waals surface area contributed by atoms with Gasteiger partial charge < -0.3 is 0 Å². The van der Waals surface area contributed by atoms with Crippen molar-refractivity contribution in [3.8, 4) is 17.5 Å². The molecule has 1 aromatic heterocycles. The van der Waals surface area contributed by atoms with Crippen LogP contribution in [-0.4, -0.2) is 20.1 Å². The molecule has 0 aliphatic carbocycles. The third-order valence-electron chi connectivity index (χ3n) is 3.00. The Morgan fingerprint density at radius 2 is 2.00 bits per heavy atom. The van der Waals surface area contributed by atoms with Crippen molar-refractivity contribution >= 4 is 17.4 Å². The number of nitriles is 1. The van der Waals surface area contributed by atoms with Gasteiger partial charge in [-0.05, 0) is 23.9 Å². The maximum absolute atomic E-state index is 11.1. The van der Waals surface area contributed by atoms with Gasteiger partial charge in [-0.2, -0.15) is 5.26 Å². The van der Waals surface area contributed by atoms with Crippen molar-refractivity contribution in [1.82, 2.24) is 15.2 Å². The minimum Gasteiger partial charge on any atom is -0.258 e. The van der Waals surface area contributed by atoms with E-state index < -0.39 is 4.92 Å². The molecular weight excluding hydrogens is 314 g/mol. The first-order valence-corrected chi connectivity index (χ1v) is 7.33. The molecule has 0 unspecified atom stereocenters. The molecule has 0 saturated heterocycles. The summed E-state index contributed by atoms with van der Waals surface area (Å²) >= 11 is 1.07. The molecule has 0 saturated carbocycles. The first kappa shape index (κ1) is 14.7. The van der Waals surface area contributed by atoms with Crippen molar-refractivity contribution in [3.05, 3.63) is 64.2 Å². The van der Waals surface area contributed by atoms with Gasteiger partial charge in [-0.3, -0.25) is 15.2 Å². The molecule has 0 aliphatic heterocycles. The van der Waals surface area contributed by atoms with E-state index in [-0.39, 0.29) is 11.3 Å². The van der Waals surface area contributed by atoms with Gasteiger partial charge in [-0.15, -0.1) is 5.10 Å². The Hall–Kier alpha value is -3.18. The van der Waals surface area contributed by atoms with E-state index >= 15 is 0 Å². The lowest BCUT2D eigenvalue weighted by Crippen LogP contribution is -1.92. The number of hydrogen-bond donors (Lipinski definition) is 1. The number of H-pyrrole nitrogens is 1. The van der Waals surface area contributed by atoms with Crippen LogP contribution in [0.15, 0.2) is 58.6 Å². The van der Waals surface area contributed by atoms with E-state index in [9.17, 15) is 10.1 Å². The fourth-order valence-electron chi connectivity index (χ4n) is 1.93. The van der Waals surface area contributed by atoms with E-state index in [1.807, 2.05) is 36.4 Å². The maximum atomic E-state index is 11.1. The van der Waals surface area contributed by atoms with Crippen LogP contribution in [0.3, 0.4) is 0 Å². The molecular formula is C15H9N5O2S. The van der Waals surface area contributed by atoms with Gasteiger partial charge in [-0.25, -0.2) is 4.98 Å². The van der Waals surface area contributed by atoms with Gasteiger partial charge in [0.15, 0.2) is 5.82 Å². The minimum atomic E-state index is -0.520. The standard InChI is InChI=1S/C15H9N5O2S/c16-9-10-6-7-13(12(8-10)20(21)22)23-15-17-14(18-19-15)11-4-2-1-3-5-11/h1-8H,(H,17,18,19). The normalized spacial score (nSPS) is 10.2. The van der Waals surface area contributed by atoms with Gasteiger partial charge in [0.1, 0.15) is 0 Å². The lowest BCUT2D eigenvalue weighted by atomic mass is 10.2. The number of benzene rings is 2. The van der Waals surface area contributed by atoms with Crippen LogP contribution in [0.2, 0.25) is 0 Å². The highest BCUT2D eigenvalue weighted by atomic mass is 32.2. The number of nitro groups is 1.